The number of benzene rings is 1. The van der Waals surface area contributed by atoms with Gasteiger partial charge in [0.1, 0.15) is 18.5 Å². The summed E-state index contributed by atoms with van der Waals surface area (Å²) in [6.45, 7) is 6.94. The summed E-state index contributed by atoms with van der Waals surface area (Å²) < 4.78 is 13.5. The molecule has 2 N–H and O–H groups in total. The van der Waals surface area contributed by atoms with E-state index in [0.717, 1.165) is 55.0 Å². The Kier molecular flexibility index (Phi) is 6.51. The minimum Gasteiger partial charge on any atom is -0.493 e. The van der Waals surface area contributed by atoms with Crippen LogP contribution in [0.2, 0.25) is 0 Å². The fraction of sp³-hybridized carbons (Fsp3) is 0.526. The minimum absolute atomic E-state index is 0.0532. The average molecular weight is 372 g/mol. The summed E-state index contributed by atoms with van der Waals surface area (Å²) in [6, 6.07) is 7.64. The van der Waals surface area contributed by atoms with Crippen LogP contribution in [0, 0.1) is 0 Å². The highest BCUT2D eigenvalue weighted by Gasteiger charge is 2.17. The summed E-state index contributed by atoms with van der Waals surface area (Å²) in [5.74, 6) is 4.18. The van der Waals surface area contributed by atoms with Gasteiger partial charge in [-0.1, -0.05) is 12.1 Å². The average Bonchev–Trinajstić information content (AvgIpc) is 3.29. The maximum atomic E-state index is 5.98. The van der Waals surface area contributed by atoms with Crippen molar-refractivity contribution in [3.63, 3.8) is 0 Å². The molecule has 0 aliphatic carbocycles. The van der Waals surface area contributed by atoms with Gasteiger partial charge in [0.15, 0.2) is 23.3 Å². The second-order valence-electron chi connectivity index (χ2n) is 6.44. The van der Waals surface area contributed by atoms with Crippen LogP contribution in [0.25, 0.3) is 0 Å². The van der Waals surface area contributed by atoms with Gasteiger partial charge in [-0.2, -0.15) is 0 Å². The van der Waals surface area contributed by atoms with Crippen LogP contribution in [-0.2, 0) is 19.5 Å². The summed E-state index contributed by atoms with van der Waals surface area (Å²) in [6.07, 6.45) is 2.09. The molecule has 2 aromatic rings. The number of hydrogen-bond acceptors (Lipinski definition) is 5. The topological polar surface area (TPSA) is 85.6 Å². The number of methoxy groups -OCH3 is 1. The number of aliphatic imine (C=N–C) groups is 1. The molecule has 0 saturated heterocycles. The first-order chi connectivity index (χ1) is 13.2. The van der Waals surface area contributed by atoms with Crippen molar-refractivity contribution < 1.29 is 9.47 Å². The Morgan fingerprint density at radius 1 is 1.26 bits per heavy atom. The fourth-order valence-corrected chi connectivity index (χ4v) is 3.03. The van der Waals surface area contributed by atoms with E-state index in [9.17, 15) is 0 Å². The smallest absolute Gasteiger partial charge is 0.191 e. The third-order valence-corrected chi connectivity index (χ3v) is 4.36. The Bertz CT molecular complexity index is 773. The van der Waals surface area contributed by atoms with Crippen molar-refractivity contribution in [2.45, 2.75) is 45.9 Å². The zero-order valence-corrected chi connectivity index (χ0v) is 16.2. The van der Waals surface area contributed by atoms with Crippen molar-refractivity contribution in [2.24, 2.45) is 4.99 Å². The van der Waals surface area contributed by atoms with Gasteiger partial charge in [0.05, 0.1) is 13.7 Å². The van der Waals surface area contributed by atoms with Crippen molar-refractivity contribution in [1.29, 1.82) is 0 Å². The van der Waals surface area contributed by atoms with Gasteiger partial charge < -0.3 is 24.7 Å². The molecular formula is C19H28N6O2. The van der Waals surface area contributed by atoms with Gasteiger partial charge in [-0.25, -0.2) is 4.99 Å². The van der Waals surface area contributed by atoms with Gasteiger partial charge in [0, 0.05) is 19.5 Å². The van der Waals surface area contributed by atoms with Crippen molar-refractivity contribution in [1.82, 2.24) is 25.4 Å². The molecule has 0 saturated carbocycles. The molecule has 1 aromatic heterocycles. The summed E-state index contributed by atoms with van der Waals surface area (Å²) in [7, 11) is 1.64. The Labute approximate surface area is 160 Å². The number of nitrogens with one attached hydrogen (secondary N) is 2. The van der Waals surface area contributed by atoms with E-state index in [1.54, 1.807) is 7.11 Å². The Morgan fingerprint density at radius 2 is 2.07 bits per heavy atom. The number of fused-ring (bicyclic) bond motifs is 1. The first kappa shape index (κ1) is 19.0. The molecule has 1 aliphatic rings. The molecule has 146 valence electrons. The predicted octanol–water partition coefficient (Wildman–Crippen LogP) is 1.76. The zero-order chi connectivity index (χ0) is 19.1. The highest BCUT2D eigenvalue weighted by molar-refractivity contribution is 5.79. The van der Waals surface area contributed by atoms with Gasteiger partial charge in [-0.3, -0.25) is 0 Å². The standard InChI is InChI=1S/C19H28N6O2/c1-4-20-19(22-13-18-24-23-17-10-7-11-25(17)18)21-12-14(2)27-16-9-6-5-8-15(16)26-3/h5-6,8-9,14H,4,7,10-13H2,1-3H3,(H2,20,21,22). The number of hydrogen-bond donors (Lipinski definition) is 2. The molecule has 1 aliphatic heterocycles. The normalized spacial score (nSPS) is 14.6. The lowest BCUT2D eigenvalue weighted by Gasteiger charge is -2.19. The lowest BCUT2D eigenvalue weighted by atomic mass is 10.3. The third-order valence-electron chi connectivity index (χ3n) is 4.36. The molecule has 0 spiro atoms. The highest BCUT2D eigenvalue weighted by Crippen LogP contribution is 2.26. The SMILES string of the molecule is CCNC(=NCc1nnc2n1CCC2)NCC(C)Oc1ccccc1OC. The Balaban J connectivity index is 1.55. The number of aryl methyl sites for hydroxylation is 1. The molecule has 8 nitrogen and oxygen atoms in total. The van der Waals surface area contributed by atoms with Crippen LogP contribution in [0.15, 0.2) is 29.3 Å². The number of aromatic nitrogens is 3. The molecule has 0 bridgehead atoms. The van der Waals surface area contributed by atoms with Gasteiger partial charge >= 0.3 is 0 Å². The number of nitrogens with zero attached hydrogens (tertiary/aromatic N) is 4. The van der Waals surface area contributed by atoms with Crippen LogP contribution in [0.3, 0.4) is 0 Å². The van der Waals surface area contributed by atoms with E-state index in [-0.39, 0.29) is 6.10 Å². The largest absolute Gasteiger partial charge is 0.493 e. The third kappa shape index (κ3) is 4.90. The Morgan fingerprint density at radius 3 is 2.85 bits per heavy atom. The van der Waals surface area contributed by atoms with E-state index >= 15 is 0 Å². The van der Waals surface area contributed by atoms with Crippen LogP contribution in [-0.4, -0.2) is 47.0 Å². The van der Waals surface area contributed by atoms with Crippen molar-refractivity contribution >= 4 is 5.96 Å². The number of para-hydroxylation sites is 2. The monoisotopic (exact) mass is 372 g/mol. The lowest BCUT2D eigenvalue weighted by molar-refractivity contribution is 0.213. The predicted molar refractivity (Wildman–Crippen MR) is 104 cm³/mol. The van der Waals surface area contributed by atoms with Gasteiger partial charge in [0.25, 0.3) is 0 Å². The highest BCUT2D eigenvalue weighted by atomic mass is 16.5. The summed E-state index contributed by atoms with van der Waals surface area (Å²) in [5, 5.41) is 15.1. The first-order valence-corrected chi connectivity index (χ1v) is 9.44. The summed E-state index contributed by atoms with van der Waals surface area (Å²) in [4.78, 5) is 4.64. The van der Waals surface area contributed by atoms with Gasteiger partial charge in [0.2, 0.25) is 0 Å². The number of guanidine groups is 1. The van der Waals surface area contributed by atoms with Crippen molar-refractivity contribution in [3.05, 3.63) is 35.9 Å². The maximum absolute atomic E-state index is 5.98. The van der Waals surface area contributed by atoms with E-state index in [1.165, 1.54) is 0 Å². The van der Waals surface area contributed by atoms with E-state index in [1.807, 2.05) is 38.1 Å². The number of ether oxygens (including phenoxy) is 2. The van der Waals surface area contributed by atoms with E-state index in [0.29, 0.717) is 13.1 Å². The van der Waals surface area contributed by atoms with Crippen molar-refractivity contribution in [3.8, 4) is 11.5 Å². The van der Waals surface area contributed by atoms with E-state index in [4.69, 9.17) is 9.47 Å². The summed E-state index contributed by atoms with van der Waals surface area (Å²) >= 11 is 0. The molecule has 1 atom stereocenters. The number of rotatable bonds is 8. The molecule has 2 heterocycles. The van der Waals surface area contributed by atoms with Crippen LogP contribution >= 0.6 is 0 Å². The molecule has 1 aromatic carbocycles. The van der Waals surface area contributed by atoms with Crippen LogP contribution in [0.5, 0.6) is 11.5 Å². The van der Waals surface area contributed by atoms with Crippen molar-refractivity contribution in [2.75, 3.05) is 20.2 Å². The molecule has 27 heavy (non-hydrogen) atoms. The zero-order valence-electron chi connectivity index (χ0n) is 16.2. The quantitative estimate of drug-likeness (QED) is 0.542. The van der Waals surface area contributed by atoms with Gasteiger partial charge in [-0.15, -0.1) is 10.2 Å². The molecule has 1 unspecified atom stereocenters. The molecule has 0 radical (unpaired) electrons. The molecule has 0 amide bonds. The van der Waals surface area contributed by atoms with Crippen LogP contribution < -0.4 is 20.1 Å². The lowest BCUT2D eigenvalue weighted by Crippen LogP contribution is -2.41. The Hall–Kier alpha value is -2.77. The summed E-state index contributed by atoms with van der Waals surface area (Å²) in [5.41, 5.74) is 0. The molecule has 8 heteroatoms. The molecular weight excluding hydrogens is 344 g/mol. The van der Waals surface area contributed by atoms with Gasteiger partial charge in [-0.05, 0) is 32.4 Å². The van der Waals surface area contributed by atoms with Crippen LogP contribution in [0.1, 0.15) is 31.9 Å². The first-order valence-electron chi connectivity index (χ1n) is 9.44. The molecule has 0 fully saturated rings. The van der Waals surface area contributed by atoms with E-state index < -0.39 is 0 Å². The maximum Gasteiger partial charge on any atom is 0.191 e. The van der Waals surface area contributed by atoms with E-state index in [2.05, 4.69) is 30.4 Å². The fourth-order valence-electron chi connectivity index (χ4n) is 3.03. The minimum atomic E-state index is -0.0532. The second kappa shape index (κ2) is 9.25. The molecule has 3 rings (SSSR count). The van der Waals surface area contributed by atoms with Crippen LogP contribution in [0.4, 0.5) is 0 Å². The second-order valence-corrected chi connectivity index (χ2v) is 6.44.